The predicted octanol–water partition coefficient (Wildman–Crippen LogP) is 3.38. The van der Waals surface area contributed by atoms with E-state index >= 15 is 0 Å². The molecule has 1 heterocycles. The fraction of sp³-hybridized carbons (Fsp3) is 1.00. The number of rotatable bonds is 0. The van der Waals surface area contributed by atoms with Gasteiger partial charge in [0.1, 0.15) is 0 Å². The smallest absolute Gasteiger partial charge is 0.0686 e. The summed E-state index contributed by atoms with van der Waals surface area (Å²) in [6.45, 7) is 8.11. The summed E-state index contributed by atoms with van der Waals surface area (Å²) in [7, 11) is 0. The van der Waals surface area contributed by atoms with E-state index in [-0.39, 0.29) is 0 Å². The van der Waals surface area contributed by atoms with E-state index in [0.717, 1.165) is 12.5 Å². The zero-order valence-electron chi connectivity index (χ0n) is 9.23. The normalized spacial score (nSPS) is 40.4. The zero-order valence-corrected chi connectivity index (χ0v) is 9.23. The van der Waals surface area contributed by atoms with Gasteiger partial charge in [0.2, 0.25) is 0 Å². The van der Waals surface area contributed by atoms with Crippen molar-refractivity contribution in [2.75, 3.05) is 6.61 Å². The van der Waals surface area contributed by atoms with Gasteiger partial charge >= 0.3 is 0 Å². The third kappa shape index (κ3) is 1.76. The largest absolute Gasteiger partial charge is 0.375 e. The van der Waals surface area contributed by atoms with Gasteiger partial charge in [-0.1, -0.05) is 20.8 Å². The van der Waals surface area contributed by atoms with E-state index in [4.69, 9.17) is 4.74 Å². The molecule has 2 aliphatic rings. The Morgan fingerprint density at radius 1 is 1.23 bits per heavy atom. The second-order valence-electron chi connectivity index (χ2n) is 5.94. The van der Waals surface area contributed by atoms with Crippen LogP contribution in [0, 0.1) is 11.3 Å². The summed E-state index contributed by atoms with van der Waals surface area (Å²) in [5.41, 5.74) is 0.799. The van der Waals surface area contributed by atoms with Gasteiger partial charge in [-0.3, -0.25) is 0 Å². The average Bonchev–Trinajstić information content (AvgIpc) is 2.60. The quantitative estimate of drug-likeness (QED) is 0.558. The van der Waals surface area contributed by atoms with Crippen LogP contribution in [-0.4, -0.2) is 12.2 Å². The lowest BCUT2D eigenvalue weighted by Gasteiger charge is -2.29. The lowest BCUT2D eigenvalue weighted by molar-refractivity contribution is 0.00239. The molecule has 1 spiro atoms. The molecule has 0 aromatic heterocycles. The fourth-order valence-electron chi connectivity index (χ4n) is 2.94. The van der Waals surface area contributed by atoms with Crippen LogP contribution >= 0.6 is 0 Å². The molecule has 1 nitrogen and oxygen atoms in total. The van der Waals surface area contributed by atoms with Crippen molar-refractivity contribution in [1.82, 2.24) is 0 Å². The van der Waals surface area contributed by atoms with Crippen molar-refractivity contribution in [2.24, 2.45) is 11.3 Å². The zero-order chi connectivity index (χ0) is 9.53. The number of hydrogen-bond acceptors (Lipinski definition) is 1. The van der Waals surface area contributed by atoms with Gasteiger partial charge in [-0.05, 0) is 43.4 Å². The maximum Gasteiger partial charge on any atom is 0.0686 e. The highest BCUT2D eigenvalue weighted by molar-refractivity contribution is 4.96. The Hall–Kier alpha value is -0.0400. The van der Waals surface area contributed by atoms with E-state index < -0.39 is 0 Å². The Balaban J connectivity index is 2.01. The molecule has 0 aromatic rings. The first-order chi connectivity index (χ1) is 6.02. The molecule has 1 aliphatic heterocycles. The molecule has 0 unspecified atom stereocenters. The maximum atomic E-state index is 5.93. The highest BCUT2D eigenvalue weighted by Gasteiger charge is 2.45. The molecule has 76 valence electrons. The minimum Gasteiger partial charge on any atom is -0.375 e. The minimum atomic E-state index is 0.317. The summed E-state index contributed by atoms with van der Waals surface area (Å²) in [6, 6.07) is 0. The number of ether oxygens (including phenoxy) is 1. The van der Waals surface area contributed by atoms with Crippen LogP contribution in [0.5, 0.6) is 0 Å². The Morgan fingerprint density at radius 2 is 2.00 bits per heavy atom. The van der Waals surface area contributed by atoms with E-state index in [1.54, 1.807) is 0 Å². The predicted molar refractivity (Wildman–Crippen MR) is 54.7 cm³/mol. The first-order valence-corrected chi connectivity index (χ1v) is 5.66. The van der Waals surface area contributed by atoms with Crippen LogP contribution in [0.1, 0.15) is 52.9 Å². The third-order valence-electron chi connectivity index (χ3n) is 3.98. The molecule has 0 bridgehead atoms. The summed E-state index contributed by atoms with van der Waals surface area (Å²) in [5, 5.41) is 0. The monoisotopic (exact) mass is 182 g/mol. The molecule has 1 aliphatic carbocycles. The topological polar surface area (TPSA) is 9.23 Å². The van der Waals surface area contributed by atoms with E-state index in [9.17, 15) is 0 Å². The molecular formula is C12H22O. The molecular weight excluding hydrogens is 160 g/mol. The Morgan fingerprint density at radius 3 is 2.46 bits per heavy atom. The second-order valence-corrected chi connectivity index (χ2v) is 5.94. The maximum absolute atomic E-state index is 5.93. The lowest BCUT2D eigenvalue weighted by Crippen LogP contribution is -2.26. The van der Waals surface area contributed by atoms with E-state index in [1.165, 1.54) is 32.1 Å². The van der Waals surface area contributed by atoms with Crippen LogP contribution in [-0.2, 0) is 4.74 Å². The highest BCUT2D eigenvalue weighted by atomic mass is 16.5. The van der Waals surface area contributed by atoms with E-state index in [1.807, 2.05) is 0 Å². The minimum absolute atomic E-state index is 0.317. The van der Waals surface area contributed by atoms with Gasteiger partial charge in [-0.15, -0.1) is 0 Å². The fourth-order valence-corrected chi connectivity index (χ4v) is 2.94. The van der Waals surface area contributed by atoms with Gasteiger partial charge in [-0.2, -0.15) is 0 Å². The summed E-state index contributed by atoms with van der Waals surface area (Å²) in [6.07, 6.45) is 6.62. The Bertz CT molecular complexity index is 184. The van der Waals surface area contributed by atoms with Crippen molar-refractivity contribution in [1.29, 1.82) is 0 Å². The number of hydrogen-bond donors (Lipinski definition) is 0. The van der Waals surface area contributed by atoms with Crippen LogP contribution < -0.4 is 0 Å². The second kappa shape index (κ2) is 2.98. The van der Waals surface area contributed by atoms with Gasteiger partial charge < -0.3 is 4.74 Å². The average molecular weight is 182 g/mol. The summed E-state index contributed by atoms with van der Waals surface area (Å²) < 4.78 is 5.93. The Kier molecular flexibility index (Phi) is 2.18. The van der Waals surface area contributed by atoms with Gasteiger partial charge in [0.05, 0.1) is 5.60 Å². The molecule has 0 aromatic carbocycles. The first-order valence-electron chi connectivity index (χ1n) is 5.66. The molecule has 1 saturated carbocycles. The van der Waals surface area contributed by atoms with Crippen molar-refractivity contribution >= 4 is 0 Å². The van der Waals surface area contributed by atoms with Crippen molar-refractivity contribution in [3.63, 3.8) is 0 Å². The molecule has 1 heteroatoms. The Labute approximate surface area is 81.9 Å². The van der Waals surface area contributed by atoms with Gasteiger partial charge in [0, 0.05) is 6.61 Å². The van der Waals surface area contributed by atoms with Gasteiger partial charge in [0.25, 0.3) is 0 Å². The standard InChI is InChI=1S/C12H22O/c1-11(2,3)10-5-7-12(9-10)6-4-8-13-12/h10H,4-9H2,1-3H3/t10-,12+/m0/s1. The summed E-state index contributed by atoms with van der Waals surface area (Å²) in [5.74, 6) is 0.880. The molecule has 2 atom stereocenters. The van der Waals surface area contributed by atoms with Crippen molar-refractivity contribution in [2.45, 2.75) is 58.5 Å². The highest BCUT2D eigenvalue weighted by Crippen LogP contribution is 2.49. The van der Waals surface area contributed by atoms with Crippen LogP contribution in [0.2, 0.25) is 0 Å². The molecule has 0 radical (unpaired) electrons. The molecule has 0 amide bonds. The molecule has 2 rings (SSSR count). The first kappa shape index (κ1) is 9.51. The van der Waals surface area contributed by atoms with Gasteiger partial charge in [-0.25, -0.2) is 0 Å². The molecule has 2 fully saturated rings. The van der Waals surface area contributed by atoms with Crippen LogP contribution in [0.15, 0.2) is 0 Å². The van der Waals surface area contributed by atoms with Crippen LogP contribution in [0.3, 0.4) is 0 Å². The van der Waals surface area contributed by atoms with Crippen LogP contribution in [0.4, 0.5) is 0 Å². The third-order valence-corrected chi connectivity index (χ3v) is 3.98. The molecule has 13 heavy (non-hydrogen) atoms. The van der Waals surface area contributed by atoms with Gasteiger partial charge in [0.15, 0.2) is 0 Å². The molecule has 1 saturated heterocycles. The SMILES string of the molecule is CC(C)(C)[C@H]1CC[C@]2(CCCO2)C1. The van der Waals surface area contributed by atoms with Crippen molar-refractivity contribution < 1.29 is 4.74 Å². The summed E-state index contributed by atoms with van der Waals surface area (Å²) in [4.78, 5) is 0. The van der Waals surface area contributed by atoms with E-state index in [2.05, 4.69) is 20.8 Å². The van der Waals surface area contributed by atoms with E-state index in [0.29, 0.717) is 11.0 Å². The van der Waals surface area contributed by atoms with Crippen molar-refractivity contribution in [3.05, 3.63) is 0 Å². The molecule has 0 N–H and O–H groups in total. The lowest BCUT2D eigenvalue weighted by atomic mass is 9.79. The summed E-state index contributed by atoms with van der Waals surface area (Å²) >= 11 is 0. The van der Waals surface area contributed by atoms with Crippen LogP contribution in [0.25, 0.3) is 0 Å². The van der Waals surface area contributed by atoms with Crippen molar-refractivity contribution in [3.8, 4) is 0 Å².